The second kappa shape index (κ2) is 9.26. The van der Waals surface area contributed by atoms with Crippen LogP contribution in [0.1, 0.15) is 31.9 Å². The second-order valence-electron chi connectivity index (χ2n) is 9.11. The predicted molar refractivity (Wildman–Crippen MR) is 139 cm³/mol. The van der Waals surface area contributed by atoms with Gasteiger partial charge in [-0.25, -0.2) is 0 Å². The summed E-state index contributed by atoms with van der Waals surface area (Å²) in [4.78, 5) is 2.10. The zero-order chi connectivity index (χ0) is 23.6. The van der Waals surface area contributed by atoms with Crippen LogP contribution in [0.5, 0.6) is 0 Å². The van der Waals surface area contributed by atoms with Gasteiger partial charge in [0, 0.05) is 17.1 Å². The van der Waals surface area contributed by atoms with Gasteiger partial charge in [0.1, 0.15) is 0 Å². The fraction of sp³-hybridized carbons (Fsp3) is 0.172. The van der Waals surface area contributed by atoms with Crippen LogP contribution in [-0.2, 0) is 11.8 Å². The van der Waals surface area contributed by atoms with Crippen molar-refractivity contribution in [3.05, 3.63) is 120 Å². The SMILES string of the molecule is C=C(/C=C\C(=C/C)B(O)O)N(c1ccccc1)c1ccc2c(c1)CC(C)(C)c1ccccc1-2. The molecule has 0 unspecified atom stereocenters. The molecule has 3 aromatic rings. The highest BCUT2D eigenvalue weighted by molar-refractivity contribution is 6.51. The Kier molecular flexibility index (Phi) is 6.41. The van der Waals surface area contributed by atoms with Crippen molar-refractivity contribution >= 4 is 18.5 Å². The normalized spacial score (nSPS) is 14.5. The Bertz CT molecular complexity index is 1230. The zero-order valence-electron chi connectivity index (χ0n) is 19.5. The Labute approximate surface area is 197 Å². The molecule has 2 N–H and O–H groups in total. The van der Waals surface area contributed by atoms with Gasteiger partial charge in [0.2, 0.25) is 0 Å². The van der Waals surface area contributed by atoms with Crippen LogP contribution in [0.4, 0.5) is 11.4 Å². The average Bonchev–Trinajstić information content (AvgIpc) is 2.80. The van der Waals surface area contributed by atoms with Crippen LogP contribution in [0.3, 0.4) is 0 Å². The van der Waals surface area contributed by atoms with Crippen molar-refractivity contribution in [3.63, 3.8) is 0 Å². The van der Waals surface area contributed by atoms with Crippen molar-refractivity contribution in [1.82, 2.24) is 0 Å². The molecule has 3 aromatic carbocycles. The smallest absolute Gasteiger partial charge is 0.423 e. The van der Waals surface area contributed by atoms with Crippen LogP contribution in [0, 0.1) is 0 Å². The monoisotopic (exact) mass is 435 g/mol. The molecule has 0 spiro atoms. The molecule has 1 aliphatic carbocycles. The van der Waals surface area contributed by atoms with Crippen LogP contribution in [0.15, 0.2) is 109 Å². The third-order valence-corrected chi connectivity index (χ3v) is 6.33. The van der Waals surface area contributed by atoms with Gasteiger partial charge in [-0.2, -0.15) is 0 Å². The van der Waals surface area contributed by atoms with Gasteiger partial charge < -0.3 is 14.9 Å². The van der Waals surface area contributed by atoms with E-state index in [1.807, 2.05) is 24.3 Å². The van der Waals surface area contributed by atoms with Crippen LogP contribution in [0.25, 0.3) is 11.1 Å². The highest BCUT2D eigenvalue weighted by Crippen LogP contribution is 2.44. The standard InChI is InChI=1S/C29H30BNO2/c1-5-23(30(32)33)16-15-21(2)31(24-11-7-6-8-12-24)25-17-18-26-22(19-25)20-29(3,4)28-14-10-9-13-27(26)28/h5-19,32-33H,2,20H2,1,3-4H3/b16-15-,23-5+. The van der Waals surface area contributed by atoms with Crippen molar-refractivity contribution in [1.29, 1.82) is 0 Å². The van der Waals surface area contributed by atoms with Crippen molar-refractivity contribution in [2.45, 2.75) is 32.6 Å². The molecule has 0 radical (unpaired) electrons. The number of para-hydroxylation sites is 1. The summed E-state index contributed by atoms with van der Waals surface area (Å²) in [6.45, 7) is 10.7. The molecule has 0 aromatic heterocycles. The summed E-state index contributed by atoms with van der Waals surface area (Å²) in [6, 6.07) is 25.4. The summed E-state index contributed by atoms with van der Waals surface area (Å²) in [6.07, 6.45) is 6.15. The Hall–Kier alpha value is -3.34. The van der Waals surface area contributed by atoms with Crippen LogP contribution >= 0.6 is 0 Å². The van der Waals surface area contributed by atoms with Gasteiger partial charge in [0.05, 0.1) is 0 Å². The van der Waals surface area contributed by atoms with Gasteiger partial charge in [-0.1, -0.05) is 81.1 Å². The highest BCUT2D eigenvalue weighted by atomic mass is 16.4. The summed E-state index contributed by atoms with van der Waals surface area (Å²) in [5.74, 6) is 0. The fourth-order valence-electron chi connectivity index (χ4n) is 4.66. The maximum atomic E-state index is 9.55. The maximum Gasteiger partial charge on any atom is 0.488 e. The molecule has 0 bridgehead atoms. The second-order valence-corrected chi connectivity index (χ2v) is 9.11. The van der Waals surface area contributed by atoms with E-state index in [1.165, 1.54) is 22.3 Å². The van der Waals surface area contributed by atoms with E-state index in [0.717, 1.165) is 23.5 Å². The molecular weight excluding hydrogens is 405 g/mol. The molecule has 33 heavy (non-hydrogen) atoms. The highest BCUT2D eigenvalue weighted by Gasteiger charge is 2.31. The molecule has 3 nitrogen and oxygen atoms in total. The lowest BCUT2D eigenvalue weighted by molar-refractivity contribution is 0.420. The number of nitrogens with zero attached hydrogens (tertiary/aromatic N) is 1. The van der Waals surface area contributed by atoms with E-state index >= 15 is 0 Å². The van der Waals surface area contributed by atoms with E-state index in [0.29, 0.717) is 5.47 Å². The quantitative estimate of drug-likeness (QED) is 0.350. The minimum Gasteiger partial charge on any atom is -0.423 e. The van der Waals surface area contributed by atoms with Crippen LogP contribution in [-0.4, -0.2) is 17.2 Å². The van der Waals surface area contributed by atoms with Gasteiger partial charge in [-0.3, -0.25) is 0 Å². The van der Waals surface area contributed by atoms with E-state index < -0.39 is 7.12 Å². The number of rotatable bonds is 6. The summed E-state index contributed by atoms with van der Waals surface area (Å²) < 4.78 is 0. The molecule has 0 aliphatic heterocycles. The first-order valence-electron chi connectivity index (χ1n) is 11.3. The number of anilines is 2. The molecule has 4 rings (SSSR count). The predicted octanol–water partition coefficient (Wildman–Crippen LogP) is 6.35. The van der Waals surface area contributed by atoms with Gasteiger partial charge >= 0.3 is 7.12 Å². The topological polar surface area (TPSA) is 43.7 Å². The largest absolute Gasteiger partial charge is 0.488 e. The molecule has 0 fully saturated rings. The first-order chi connectivity index (χ1) is 15.8. The Morgan fingerprint density at radius 1 is 0.909 bits per heavy atom. The van der Waals surface area contributed by atoms with Gasteiger partial charge in [-0.15, -0.1) is 0 Å². The van der Waals surface area contributed by atoms with Gasteiger partial charge in [0.15, 0.2) is 0 Å². The zero-order valence-corrected chi connectivity index (χ0v) is 19.5. The lowest BCUT2D eigenvalue weighted by Gasteiger charge is -2.35. The van der Waals surface area contributed by atoms with Crippen LogP contribution in [0.2, 0.25) is 0 Å². The fourth-order valence-corrected chi connectivity index (χ4v) is 4.66. The average molecular weight is 435 g/mol. The number of allylic oxidation sites excluding steroid dienone is 4. The van der Waals surface area contributed by atoms with Crippen molar-refractivity contribution in [3.8, 4) is 11.1 Å². The summed E-state index contributed by atoms with van der Waals surface area (Å²) >= 11 is 0. The lowest BCUT2D eigenvalue weighted by Crippen LogP contribution is -2.26. The number of benzene rings is 3. The van der Waals surface area contributed by atoms with Crippen molar-refractivity contribution in [2.75, 3.05) is 4.90 Å². The minimum atomic E-state index is -1.52. The maximum absolute atomic E-state index is 9.55. The minimum absolute atomic E-state index is 0.0504. The van der Waals surface area contributed by atoms with E-state index in [4.69, 9.17) is 0 Å². The Morgan fingerprint density at radius 3 is 2.30 bits per heavy atom. The molecule has 0 atom stereocenters. The van der Waals surface area contributed by atoms with Gasteiger partial charge in [-0.05, 0) is 76.8 Å². The molecule has 4 heteroatoms. The Balaban J connectivity index is 1.79. The summed E-state index contributed by atoms with van der Waals surface area (Å²) in [5.41, 5.74) is 8.51. The first-order valence-corrected chi connectivity index (χ1v) is 11.3. The lowest BCUT2D eigenvalue weighted by atomic mass is 9.70. The molecule has 0 saturated carbocycles. The van der Waals surface area contributed by atoms with Crippen molar-refractivity contribution < 1.29 is 10.0 Å². The molecular formula is C29H30BNO2. The molecule has 166 valence electrons. The van der Waals surface area contributed by atoms with E-state index in [1.54, 1.807) is 19.1 Å². The van der Waals surface area contributed by atoms with E-state index in [2.05, 4.69) is 79.9 Å². The van der Waals surface area contributed by atoms with E-state index in [-0.39, 0.29) is 5.41 Å². The molecule has 0 amide bonds. The molecule has 0 heterocycles. The van der Waals surface area contributed by atoms with Crippen molar-refractivity contribution in [2.24, 2.45) is 0 Å². The number of hydrogen-bond acceptors (Lipinski definition) is 3. The molecule has 1 aliphatic rings. The first kappa shape index (κ1) is 22.8. The Morgan fingerprint density at radius 2 is 1.61 bits per heavy atom. The third kappa shape index (κ3) is 4.59. The summed E-state index contributed by atoms with van der Waals surface area (Å²) in [5, 5.41) is 19.1. The van der Waals surface area contributed by atoms with Crippen LogP contribution < -0.4 is 4.90 Å². The number of fused-ring (bicyclic) bond motifs is 3. The third-order valence-electron chi connectivity index (χ3n) is 6.33. The summed E-state index contributed by atoms with van der Waals surface area (Å²) in [7, 11) is -1.52. The van der Waals surface area contributed by atoms with E-state index in [9.17, 15) is 10.0 Å². The molecule has 0 saturated heterocycles. The number of hydrogen-bond donors (Lipinski definition) is 2. The van der Waals surface area contributed by atoms with Gasteiger partial charge in [0.25, 0.3) is 0 Å².